The second-order valence-electron chi connectivity index (χ2n) is 6.47. The zero-order valence-corrected chi connectivity index (χ0v) is 13.8. The van der Waals surface area contributed by atoms with E-state index in [1.165, 1.54) is 5.56 Å². The predicted molar refractivity (Wildman–Crippen MR) is 87.4 cm³/mol. The molecule has 1 atom stereocenters. The lowest BCUT2D eigenvalue weighted by Crippen LogP contribution is -2.53. The van der Waals surface area contributed by atoms with Gasteiger partial charge in [0.25, 0.3) is 0 Å². The van der Waals surface area contributed by atoms with Crippen molar-refractivity contribution in [2.24, 2.45) is 0 Å². The van der Waals surface area contributed by atoms with E-state index in [0.717, 1.165) is 5.56 Å². The van der Waals surface area contributed by atoms with E-state index in [1.54, 1.807) is 0 Å². The Morgan fingerprint density at radius 3 is 2.57 bits per heavy atom. The number of carbonyl (C=O) groups excluding carboxylic acids is 1. The number of hydrogen-bond acceptors (Lipinski definition) is 3. The molecule has 5 nitrogen and oxygen atoms in total. The molecule has 5 heteroatoms. The molecule has 2 rings (SSSR count). The summed E-state index contributed by atoms with van der Waals surface area (Å²) in [4.78, 5) is 23.6. The number of aliphatic carboxylic acids is 1. The van der Waals surface area contributed by atoms with Crippen molar-refractivity contribution in [3.63, 3.8) is 0 Å². The molecule has 1 aromatic carbocycles. The van der Waals surface area contributed by atoms with Gasteiger partial charge in [0, 0.05) is 19.6 Å². The lowest BCUT2D eigenvalue weighted by atomic mass is 9.85. The van der Waals surface area contributed by atoms with Gasteiger partial charge in [-0.15, -0.1) is 0 Å². The number of hydrogen-bond donors (Lipinski definition) is 2. The molecule has 0 aliphatic carbocycles. The molecule has 0 aromatic heterocycles. The molecular weight excluding hydrogens is 294 g/mol. The first kappa shape index (κ1) is 17.5. The largest absolute Gasteiger partial charge is 0.481 e. The summed E-state index contributed by atoms with van der Waals surface area (Å²) in [6.07, 6.45) is 1.39. The molecule has 1 fully saturated rings. The van der Waals surface area contributed by atoms with Gasteiger partial charge in [-0.05, 0) is 36.8 Å². The van der Waals surface area contributed by atoms with E-state index in [9.17, 15) is 9.59 Å². The van der Waals surface area contributed by atoms with Crippen LogP contribution < -0.4 is 5.32 Å². The van der Waals surface area contributed by atoms with Gasteiger partial charge in [0.1, 0.15) is 0 Å². The summed E-state index contributed by atoms with van der Waals surface area (Å²) < 4.78 is 5.31. The number of benzene rings is 1. The molecule has 0 saturated carbocycles. The fraction of sp³-hybridized carbons (Fsp3) is 0.556. The number of nitrogens with one attached hydrogen (secondary N) is 1. The van der Waals surface area contributed by atoms with Gasteiger partial charge >= 0.3 is 5.97 Å². The van der Waals surface area contributed by atoms with Crippen molar-refractivity contribution in [3.8, 4) is 0 Å². The molecule has 0 spiro atoms. The van der Waals surface area contributed by atoms with E-state index in [4.69, 9.17) is 9.84 Å². The topological polar surface area (TPSA) is 75.6 Å². The highest BCUT2D eigenvalue weighted by Gasteiger charge is 2.36. The molecule has 1 amide bonds. The van der Waals surface area contributed by atoms with Crippen LogP contribution in [0.15, 0.2) is 24.3 Å². The molecule has 126 valence electrons. The fourth-order valence-corrected chi connectivity index (χ4v) is 3.27. The molecule has 1 aliphatic rings. The highest BCUT2D eigenvalue weighted by molar-refractivity contribution is 5.79. The molecule has 23 heavy (non-hydrogen) atoms. The summed E-state index contributed by atoms with van der Waals surface area (Å²) in [5, 5.41) is 12.1. The minimum absolute atomic E-state index is 0.0547. The average Bonchev–Trinajstić information content (AvgIpc) is 2.47. The molecule has 1 aromatic rings. The third kappa shape index (κ3) is 4.79. The van der Waals surface area contributed by atoms with Crippen molar-refractivity contribution in [1.82, 2.24) is 5.32 Å². The highest BCUT2D eigenvalue weighted by atomic mass is 16.5. The minimum Gasteiger partial charge on any atom is -0.481 e. The Morgan fingerprint density at radius 1 is 1.30 bits per heavy atom. The number of amides is 1. The predicted octanol–water partition coefficient (Wildman–Crippen LogP) is 2.63. The van der Waals surface area contributed by atoms with Gasteiger partial charge in [-0.2, -0.15) is 0 Å². The molecule has 1 unspecified atom stereocenters. The Labute approximate surface area is 137 Å². The Morgan fingerprint density at radius 2 is 1.96 bits per heavy atom. The van der Waals surface area contributed by atoms with E-state index >= 15 is 0 Å². The summed E-state index contributed by atoms with van der Waals surface area (Å²) in [6.45, 7) is 5.03. The number of aryl methyl sites for hydroxylation is 1. The van der Waals surface area contributed by atoms with Crippen molar-refractivity contribution in [3.05, 3.63) is 35.4 Å². The molecule has 0 bridgehead atoms. The van der Waals surface area contributed by atoms with Crippen LogP contribution in [0.3, 0.4) is 0 Å². The number of carboxylic acids is 1. The molecule has 1 saturated heterocycles. The van der Waals surface area contributed by atoms with Crippen LogP contribution in [0, 0.1) is 6.92 Å². The summed E-state index contributed by atoms with van der Waals surface area (Å²) in [6, 6.07) is 8.03. The second-order valence-corrected chi connectivity index (χ2v) is 6.47. The first-order chi connectivity index (χ1) is 10.9. The van der Waals surface area contributed by atoms with Crippen LogP contribution in [0.1, 0.15) is 49.7 Å². The summed E-state index contributed by atoms with van der Waals surface area (Å²) in [5.41, 5.74) is 1.65. The number of rotatable bonds is 6. The molecule has 1 heterocycles. The van der Waals surface area contributed by atoms with Gasteiger partial charge in [-0.1, -0.05) is 31.2 Å². The quantitative estimate of drug-likeness (QED) is 0.845. The van der Waals surface area contributed by atoms with Crippen LogP contribution in [0.25, 0.3) is 0 Å². The van der Waals surface area contributed by atoms with Crippen LogP contribution in [0.4, 0.5) is 0 Å². The van der Waals surface area contributed by atoms with Gasteiger partial charge in [0.05, 0.1) is 12.0 Å². The maximum Gasteiger partial charge on any atom is 0.305 e. The fourth-order valence-electron chi connectivity index (χ4n) is 3.27. The van der Waals surface area contributed by atoms with Crippen molar-refractivity contribution < 1.29 is 19.4 Å². The second kappa shape index (κ2) is 7.59. The Kier molecular flexibility index (Phi) is 5.77. The van der Waals surface area contributed by atoms with E-state index in [0.29, 0.717) is 32.5 Å². The van der Waals surface area contributed by atoms with Crippen LogP contribution in [0.5, 0.6) is 0 Å². The van der Waals surface area contributed by atoms with Crippen LogP contribution in [-0.4, -0.2) is 35.7 Å². The van der Waals surface area contributed by atoms with E-state index in [2.05, 4.69) is 5.32 Å². The minimum atomic E-state index is -0.890. The van der Waals surface area contributed by atoms with Gasteiger partial charge in [0.2, 0.25) is 5.91 Å². The highest BCUT2D eigenvalue weighted by Crippen LogP contribution is 2.27. The Hall–Kier alpha value is -1.88. The van der Waals surface area contributed by atoms with E-state index in [1.807, 2.05) is 38.1 Å². The van der Waals surface area contributed by atoms with Gasteiger partial charge in [-0.3, -0.25) is 9.59 Å². The first-order valence-corrected chi connectivity index (χ1v) is 8.08. The lowest BCUT2D eigenvalue weighted by molar-refractivity contribution is -0.140. The zero-order chi connectivity index (χ0) is 16.9. The summed E-state index contributed by atoms with van der Waals surface area (Å²) in [5.74, 6) is -0.888. The molecular formula is C18H25NO4. The SMILES string of the molecule is Cc1ccccc1C(C)CC(=O)NC1(CC(=O)O)CCOCC1. The van der Waals surface area contributed by atoms with Crippen molar-refractivity contribution in [1.29, 1.82) is 0 Å². The Balaban J connectivity index is 2.01. The van der Waals surface area contributed by atoms with Crippen molar-refractivity contribution in [2.45, 2.75) is 51.0 Å². The maximum absolute atomic E-state index is 12.4. The van der Waals surface area contributed by atoms with Gasteiger partial charge in [0.15, 0.2) is 0 Å². The maximum atomic E-state index is 12.4. The van der Waals surface area contributed by atoms with Crippen LogP contribution >= 0.6 is 0 Å². The average molecular weight is 319 g/mol. The lowest BCUT2D eigenvalue weighted by Gasteiger charge is -2.37. The molecule has 0 radical (unpaired) electrons. The van der Waals surface area contributed by atoms with Crippen molar-refractivity contribution in [2.75, 3.05) is 13.2 Å². The van der Waals surface area contributed by atoms with Crippen LogP contribution in [0.2, 0.25) is 0 Å². The third-order valence-electron chi connectivity index (χ3n) is 4.56. The number of carbonyl (C=O) groups is 2. The summed E-state index contributed by atoms with van der Waals surface area (Å²) >= 11 is 0. The number of ether oxygens (including phenoxy) is 1. The van der Waals surface area contributed by atoms with Crippen LogP contribution in [-0.2, 0) is 14.3 Å². The third-order valence-corrected chi connectivity index (χ3v) is 4.56. The van der Waals surface area contributed by atoms with Gasteiger partial charge in [-0.25, -0.2) is 0 Å². The normalized spacial score (nSPS) is 18.2. The smallest absolute Gasteiger partial charge is 0.305 e. The molecule has 1 aliphatic heterocycles. The van der Waals surface area contributed by atoms with E-state index < -0.39 is 11.5 Å². The summed E-state index contributed by atoms with van der Waals surface area (Å²) in [7, 11) is 0. The number of carboxylic acid groups (broad SMARTS) is 1. The standard InChI is InChI=1S/C18H25NO4/c1-13-5-3-4-6-15(13)14(2)11-16(20)19-18(12-17(21)22)7-9-23-10-8-18/h3-6,14H,7-12H2,1-2H3,(H,19,20)(H,21,22). The Bertz CT molecular complexity index is 564. The van der Waals surface area contributed by atoms with E-state index in [-0.39, 0.29) is 18.2 Å². The van der Waals surface area contributed by atoms with Crippen molar-refractivity contribution >= 4 is 11.9 Å². The first-order valence-electron chi connectivity index (χ1n) is 8.08. The zero-order valence-electron chi connectivity index (χ0n) is 13.8. The monoisotopic (exact) mass is 319 g/mol. The van der Waals surface area contributed by atoms with Gasteiger partial charge < -0.3 is 15.2 Å². The molecule has 2 N–H and O–H groups in total.